The van der Waals surface area contributed by atoms with Crippen LogP contribution in [0.2, 0.25) is 0 Å². The second-order valence-corrected chi connectivity index (χ2v) is 7.96. The molecule has 0 bridgehead atoms. The van der Waals surface area contributed by atoms with Gasteiger partial charge in [-0.3, -0.25) is 13.8 Å². The predicted molar refractivity (Wildman–Crippen MR) is 80.6 cm³/mol. The summed E-state index contributed by atoms with van der Waals surface area (Å²) in [6.45, 7) is 5.18. The van der Waals surface area contributed by atoms with Crippen molar-refractivity contribution in [3.05, 3.63) is 0 Å². The fourth-order valence-corrected chi connectivity index (χ4v) is 3.40. The summed E-state index contributed by atoms with van der Waals surface area (Å²) in [6.07, 6.45) is -2.92. The molecule has 0 saturated carbocycles. The van der Waals surface area contributed by atoms with Crippen LogP contribution >= 0.6 is 0 Å². The van der Waals surface area contributed by atoms with Gasteiger partial charge < -0.3 is 23.7 Å². The Hall–Kier alpha value is -1.27. The topological polar surface area (TPSA) is 124 Å². The van der Waals surface area contributed by atoms with E-state index in [0.29, 0.717) is 0 Å². The minimum atomic E-state index is -3.99. The van der Waals surface area contributed by atoms with Crippen LogP contribution in [0.25, 0.3) is 0 Å². The number of carbonyl (C=O) groups is 2. The summed E-state index contributed by atoms with van der Waals surface area (Å²) in [5.41, 5.74) is 0. The lowest BCUT2D eigenvalue weighted by molar-refractivity contribution is -0.333. The fourth-order valence-electron chi connectivity index (χ4n) is 2.77. The van der Waals surface area contributed by atoms with Crippen LogP contribution in [0, 0.1) is 0 Å². The molecule has 25 heavy (non-hydrogen) atoms. The molecule has 10 nitrogen and oxygen atoms in total. The Morgan fingerprint density at radius 1 is 1.08 bits per heavy atom. The van der Waals surface area contributed by atoms with Gasteiger partial charge in [0.25, 0.3) is 10.1 Å². The number of hydrogen-bond donors (Lipinski definition) is 0. The van der Waals surface area contributed by atoms with Crippen molar-refractivity contribution in [3.8, 4) is 0 Å². The van der Waals surface area contributed by atoms with E-state index in [9.17, 15) is 18.0 Å². The van der Waals surface area contributed by atoms with Gasteiger partial charge in [-0.15, -0.1) is 0 Å². The van der Waals surface area contributed by atoms with Crippen LogP contribution in [0.15, 0.2) is 0 Å². The van der Waals surface area contributed by atoms with Crippen molar-refractivity contribution in [2.75, 3.05) is 19.5 Å². The monoisotopic (exact) mass is 382 g/mol. The lowest BCUT2D eigenvalue weighted by Crippen LogP contribution is -2.65. The van der Waals surface area contributed by atoms with Crippen LogP contribution < -0.4 is 0 Å². The summed E-state index contributed by atoms with van der Waals surface area (Å²) in [6, 6.07) is 0. The van der Waals surface area contributed by atoms with Gasteiger partial charge in [0.15, 0.2) is 24.1 Å². The zero-order valence-electron chi connectivity index (χ0n) is 14.6. The first-order chi connectivity index (χ1) is 11.3. The van der Waals surface area contributed by atoms with E-state index in [1.54, 1.807) is 13.8 Å². The maximum atomic E-state index is 11.7. The Labute approximate surface area is 145 Å². The van der Waals surface area contributed by atoms with Gasteiger partial charge in [-0.2, -0.15) is 8.42 Å². The van der Waals surface area contributed by atoms with Crippen molar-refractivity contribution in [1.82, 2.24) is 0 Å². The highest BCUT2D eigenvalue weighted by atomic mass is 32.2. The molecule has 2 fully saturated rings. The molecule has 0 aromatic rings. The Kier molecular flexibility index (Phi) is 5.45. The standard InChI is InChI=1S/C14H22O10S/c1-8(15)21-10-6-19-14(7-20-13(3,4)24-14)12(23-25(5,17)18)11(10)22-9(2)16/h10-12H,6-7H2,1-5H3/t10-,11-,12+,14+/m1/s1. The van der Waals surface area contributed by atoms with Gasteiger partial charge in [-0.05, 0) is 13.8 Å². The number of carbonyl (C=O) groups excluding carboxylic acids is 2. The quantitative estimate of drug-likeness (QED) is 0.473. The number of esters is 2. The molecule has 0 aromatic carbocycles. The minimum Gasteiger partial charge on any atom is -0.456 e. The molecule has 0 N–H and O–H groups in total. The van der Waals surface area contributed by atoms with E-state index >= 15 is 0 Å². The second-order valence-electron chi connectivity index (χ2n) is 6.36. The van der Waals surface area contributed by atoms with Gasteiger partial charge in [-0.1, -0.05) is 0 Å². The molecule has 144 valence electrons. The van der Waals surface area contributed by atoms with Gasteiger partial charge >= 0.3 is 11.9 Å². The van der Waals surface area contributed by atoms with Crippen LogP contribution in [0.4, 0.5) is 0 Å². The zero-order chi connectivity index (χ0) is 19.0. The molecule has 0 aliphatic carbocycles. The molecule has 11 heteroatoms. The van der Waals surface area contributed by atoms with Crippen molar-refractivity contribution in [2.45, 2.75) is 57.6 Å². The molecular weight excluding hydrogens is 360 g/mol. The molecule has 1 spiro atoms. The average molecular weight is 382 g/mol. The minimum absolute atomic E-state index is 0.162. The molecule has 0 amide bonds. The van der Waals surface area contributed by atoms with Gasteiger partial charge in [0.1, 0.15) is 6.61 Å². The molecule has 0 aromatic heterocycles. The summed E-state index contributed by atoms with van der Waals surface area (Å²) in [4.78, 5) is 22.8. The van der Waals surface area contributed by atoms with E-state index in [-0.39, 0.29) is 13.2 Å². The molecule has 2 aliphatic rings. The molecule has 2 aliphatic heterocycles. The van der Waals surface area contributed by atoms with E-state index in [0.717, 1.165) is 13.2 Å². The van der Waals surface area contributed by atoms with Crippen molar-refractivity contribution < 1.29 is 45.9 Å². The Balaban J connectivity index is 2.42. The third kappa shape index (κ3) is 4.88. The van der Waals surface area contributed by atoms with Gasteiger partial charge in [0.2, 0.25) is 5.79 Å². The number of ether oxygens (including phenoxy) is 5. The first-order valence-electron chi connectivity index (χ1n) is 7.54. The fraction of sp³-hybridized carbons (Fsp3) is 0.857. The molecule has 2 saturated heterocycles. The maximum absolute atomic E-state index is 11.7. The van der Waals surface area contributed by atoms with Crippen LogP contribution in [-0.4, -0.2) is 69.7 Å². The Morgan fingerprint density at radius 3 is 2.12 bits per heavy atom. The molecular formula is C14H22O10S. The highest BCUT2D eigenvalue weighted by molar-refractivity contribution is 7.86. The Bertz CT molecular complexity index is 642. The van der Waals surface area contributed by atoms with Gasteiger partial charge in [0.05, 0.1) is 12.9 Å². The third-order valence-corrected chi connectivity index (χ3v) is 4.08. The summed E-state index contributed by atoms with van der Waals surface area (Å²) < 4.78 is 55.7. The van der Waals surface area contributed by atoms with Crippen molar-refractivity contribution >= 4 is 22.1 Å². The molecule has 2 heterocycles. The largest absolute Gasteiger partial charge is 0.456 e. The lowest BCUT2D eigenvalue weighted by Gasteiger charge is -2.45. The predicted octanol–water partition coefficient (Wildman–Crippen LogP) is -0.296. The average Bonchev–Trinajstić information content (AvgIpc) is 2.72. The van der Waals surface area contributed by atoms with Crippen molar-refractivity contribution in [2.24, 2.45) is 0 Å². The highest BCUT2D eigenvalue weighted by Gasteiger charge is 2.62. The third-order valence-electron chi connectivity index (χ3n) is 3.53. The lowest BCUT2D eigenvalue weighted by atomic mass is 9.97. The SMILES string of the molecule is CC(=O)O[C@@H]1[C@H](OC(C)=O)CO[C@]2(COC(C)(C)O2)[C@H]1OS(C)(=O)=O. The maximum Gasteiger partial charge on any atom is 0.303 e. The van der Waals surface area contributed by atoms with Gasteiger partial charge in [-0.25, -0.2) is 0 Å². The summed E-state index contributed by atoms with van der Waals surface area (Å²) >= 11 is 0. The highest BCUT2D eigenvalue weighted by Crippen LogP contribution is 2.41. The molecule has 4 atom stereocenters. The smallest absolute Gasteiger partial charge is 0.303 e. The van der Waals surface area contributed by atoms with Crippen LogP contribution in [0.3, 0.4) is 0 Å². The van der Waals surface area contributed by atoms with E-state index in [2.05, 4.69) is 0 Å². The number of hydrogen-bond acceptors (Lipinski definition) is 10. The Morgan fingerprint density at radius 2 is 1.68 bits per heavy atom. The summed E-state index contributed by atoms with van der Waals surface area (Å²) in [5, 5.41) is 0. The van der Waals surface area contributed by atoms with E-state index < -0.39 is 51.9 Å². The van der Waals surface area contributed by atoms with E-state index in [1.807, 2.05) is 0 Å². The number of rotatable bonds is 4. The molecule has 2 rings (SSSR count). The molecule has 0 unspecified atom stereocenters. The summed E-state index contributed by atoms with van der Waals surface area (Å²) in [5.74, 6) is -4.07. The van der Waals surface area contributed by atoms with Crippen LogP contribution in [0.1, 0.15) is 27.7 Å². The zero-order valence-corrected chi connectivity index (χ0v) is 15.5. The normalized spacial score (nSPS) is 34.7. The second kappa shape index (κ2) is 6.80. The molecule has 0 radical (unpaired) electrons. The van der Waals surface area contributed by atoms with Crippen LogP contribution in [0.5, 0.6) is 0 Å². The van der Waals surface area contributed by atoms with Crippen molar-refractivity contribution in [3.63, 3.8) is 0 Å². The first kappa shape index (κ1) is 20.0. The van der Waals surface area contributed by atoms with Crippen LogP contribution in [-0.2, 0) is 47.6 Å². The van der Waals surface area contributed by atoms with E-state index in [1.165, 1.54) is 6.92 Å². The summed E-state index contributed by atoms with van der Waals surface area (Å²) in [7, 11) is -3.99. The van der Waals surface area contributed by atoms with Gasteiger partial charge in [0, 0.05) is 13.8 Å². The van der Waals surface area contributed by atoms with E-state index in [4.69, 9.17) is 27.9 Å². The van der Waals surface area contributed by atoms with Crippen molar-refractivity contribution in [1.29, 1.82) is 0 Å². The first-order valence-corrected chi connectivity index (χ1v) is 9.36.